The van der Waals surface area contributed by atoms with Crippen molar-refractivity contribution < 1.29 is 0 Å². The molecule has 3 nitrogen and oxygen atoms in total. The highest BCUT2D eigenvalue weighted by molar-refractivity contribution is 6.32. The molecule has 1 aromatic heterocycles. The van der Waals surface area contributed by atoms with E-state index in [0.717, 1.165) is 12.8 Å². The third-order valence-electron chi connectivity index (χ3n) is 2.98. The second-order valence-corrected chi connectivity index (χ2v) is 4.54. The first-order valence-electron chi connectivity index (χ1n) is 5.58. The topological polar surface area (TPSA) is 43.8 Å². The molecule has 0 aliphatic rings. The summed E-state index contributed by atoms with van der Waals surface area (Å²) in [5, 5.41) is 4.79. The van der Waals surface area contributed by atoms with Crippen molar-refractivity contribution in [1.82, 2.24) is 9.78 Å². The molecule has 0 bridgehead atoms. The van der Waals surface area contributed by atoms with Gasteiger partial charge in [0.05, 0.1) is 12.2 Å². The fourth-order valence-electron chi connectivity index (χ4n) is 1.71. The predicted octanol–water partition coefficient (Wildman–Crippen LogP) is 3.51. The monoisotopic (exact) mass is 229 g/mol. The lowest BCUT2D eigenvalue weighted by Gasteiger charge is -2.20. The van der Waals surface area contributed by atoms with Crippen molar-refractivity contribution in [3.05, 3.63) is 11.2 Å². The molecule has 0 amide bonds. The highest BCUT2D eigenvalue weighted by Crippen LogP contribution is 2.28. The van der Waals surface area contributed by atoms with Crippen LogP contribution in [0.15, 0.2) is 6.20 Å². The third kappa shape index (κ3) is 2.88. The van der Waals surface area contributed by atoms with E-state index >= 15 is 0 Å². The zero-order valence-corrected chi connectivity index (χ0v) is 10.5. The van der Waals surface area contributed by atoms with Crippen LogP contribution in [-0.2, 0) is 0 Å². The lowest BCUT2D eigenvalue weighted by atomic mass is 9.98. The van der Waals surface area contributed by atoms with E-state index in [2.05, 4.69) is 25.9 Å². The van der Waals surface area contributed by atoms with Crippen LogP contribution >= 0.6 is 11.6 Å². The van der Waals surface area contributed by atoms with Gasteiger partial charge in [0.1, 0.15) is 10.8 Å². The van der Waals surface area contributed by atoms with Gasteiger partial charge in [0.2, 0.25) is 0 Å². The van der Waals surface area contributed by atoms with Crippen molar-refractivity contribution in [2.45, 2.75) is 46.1 Å². The summed E-state index contributed by atoms with van der Waals surface area (Å²) in [6.07, 6.45) is 4.95. The summed E-state index contributed by atoms with van der Waals surface area (Å²) in [6.45, 7) is 6.61. The average Bonchev–Trinajstić information content (AvgIpc) is 2.56. The van der Waals surface area contributed by atoms with E-state index in [1.165, 1.54) is 6.42 Å². The van der Waals surface area contributed by atoms with Crippen molar-refractivity contribution in [3.63, 3.8) is 0 Å². The number of halogens is 1. The van der Waals surface area contributed by atoms with Gasteiger partial charge >= 0.3 is 0 Å². The summed E-state index contributed by atoms with van der Waals surface area (Å²) >= 11 is 5.89. The number of aromatic nitrogens is 2. The smallest absolute Gasteiger partial charge is 0.140 e. The maximum Gasteiger partial charge on any atom is 0.140 e. The zero-order valence-electron chi connectivity index (χ0n) is 9.70. The molecule has 1 heterocycles. The fraction of sp³-hybridized carbons (Fsp3) is 0.727. The maximum absolute atomic E-state index is 5.89. The highest BCUT2D eigenvalue weighted by Gasteiger charge is 2.16. The first-order chi connectivity index (χ1) is 7.10. The standard InChI is InChI=1S/C11H20ClN3/c1-4-8(3)6-9(5-2)15-11(13)10(12)7-14-15/h7-9H,4-6,13H2,1-3H3. The summed E-state index contributed by atoms with van der Waals surface area (Å²) in [5.41, 5.74) is 5.86. The number of nitrogens with two attached hydrogens (primary N) is 1. The minimum Gasteiger partial charge on any atom is -0.383 e. The van der Waals surface area contributed by atoms with Crippen LogP contribution in [-0.4, -0.2) is 9.78 Å². The molecule has 2 unspecified atom stereocenters. The van der Waals surface area contributed by atoms with E-state index in [-0.39, 0.29) is 0 Å². The van der Waals surface area contributed by atoms with Crippen LogP contribution in [0.25, 0.3) is 0 Å². The zero-order chi connectivity index (χ0) is 11.4. The van der Waals surface area contributed by atoms with E-state index in [1.54, 1.807) is 6.20 Å². The van der Waals surface area contributed by atoms with Crippen LogP contribution in [0.3, 0.4) is 0 Å². The summed E-state index contributed by atoms with van der Waals surface area (Å²) < 4.78 is 1.86. The molecule has 1 rings (SSSR count). The Morgan fingerprint density at radius 2 is 2.13 bits per heavy atom. The van der Waals surface area contributed by atoms with Crippen molar-refractivity contribution in [3.8, 4) is 0 Å². The molecule has 2 N–H and O–H groups in total. The van der Waals surface area contributed by atoms with Crippen molar-refractivity contribution in [1.29, 1.82) is 0 Å². The van der Waals surface area contributed by atoms with Gasteiger partial charge in [-0.15, -0.1) is 0 Å². The molecular formula is C11H20ClN3. The molecule has 0 saturated heterocycles. The number of nitrogen functional groups attached to an aromatic ring is 1. The minimum absolute atomic E-state index is 0.368. The molecule has 0 aliphatic carbocycles. The van der Waals surface area contributed by atoms with Gasteiger partial charge in [-0.3, -0.25) is 0 Å². The van der Waals surface area contributed by atoms with Crippen LogP contribution in [0.4, 0.5) is 5.82 Å². The number of rotatable bonds is 5. The molecule has 0 saturated carbocycles. The molecule has 2 atom stereocenters. The first-order valence-corrected chi connectivity index (χ1v) is 5.96. The van der Waals surface area contributed by atoms with E-state index in [9.17, 15) is 0 Å². The van der Waals surface area contributed by atoms with Crippen LogP contribution in [0.1, 0.15) is 46.1 Å². The maximum atomic E-state index is 5.89. The van der Waals surface area contributed by atoms with Crippen molar-refractivity contribution in [2.24, 2.45) is 5.92 Å². The summed E-state index contributed by atoms with van der Waals surface area (Å²) in [7, 11) is 0. The fourth-order valence-corrected chi connectivity index (χ4v) is 1.84. The van der Waals surface area contributed by atoms with Crippen LogP contribution in [0.5, 0.6) is 0 Å². The van der Waals surface area contributed by atoms with Gasteiger partial charge in [-0.1, -0.05) is 38.8 Å². The Kier molecular flexibility index (Phi) is 4.45. The molecule has 0 fully saturated rings. The van der Waals surface area contributed by atoms with Gasteiger partial charge in [-0.25, -0.2) is 4.68 Å². The van der Waals surface area contributed by atoms with E-state index < -0.39 is 0 Å². The predicted molar refractivity (Wildman–Crippen MR) is 65.0 cm³/mol. The molecule has 0 aliphatic heterocycles. The van der Waals surface area contributed by atoms with Gasteiger partial charge < -0.3 is 5.73 Å². The van der Waals surface area contributed by atoms with Crippen LogP contribution in [0.2, 0.25) is 5.02 Å². The Morgan fingerprint density at radius 1 is 1.47 bits per heavy atom. The molecule has 0 radical (unpaired) electrons. The second-order valence-electron chi connectivity index (χ2n) is 4.13. The highest BCUT2D eigenvalue weighted by atomic mass is 35.5. The second kappa shape index (κ2) is 5.40. The number of nitrogens with zero attached hydrogens (tertiary/aromatic N) is 2. The van der Waals surface area contributed by atoms with E-state index in [0.29, 0.717) is 22.8 Å². The number of anilines is 1. The van der Waals surface area contributed by atoms with Crippen molar-refractivity contribution >= 4 is 17.4 Å². The Balaban J connectivity index is 2.78. The minimum atomic E-state index is 0.368. The van der Waals surface area contributed by atoms with Gasteiger partial charge in [0, 0.05) is 0 Å². The normalized spacial score (nSPS) is 15.2. The van der Waals surface area contributed by atoms with Crippen LogP contribution < -0.4 is 5.73 Å². The summed E-state index contributed by atoms with van der Waals surface area (Å²) in [6, 6.07) is 0.368. The summed E-state index contributed by atoms with van der Waals surface area (Å²) in [5.74, 6) is 1.28. The Labute approximate surface area is 96.6 Å². The van der Waals surface area contributed by atoms with Gasteiger partial charge in [-0.05, 0) is 18.8 Å². The van der Waals surface area contributed by atoms with Crippen molar-refractivity contribution in [2.75, 3.05) is 5.73 Å². The Morgan fingerprint density at radius 3 is 2.53 bits per heavy atom. The van der Waals surface area contributed by atoms with E-state index in [4.69, 9.17) is 17.3 Å². The number of hydrogen-bond acceptors (Lipinski definition) is 2. The van der Waals surface area contributed by atoms with Gasteiger partial charge in [0.15, 0.2) is 0 Å². The molecule has 0 spiro atoms. The SMILES string of the molecule is CCC(C)CC(CC)n1ncc(Cl)c1N. The molecule has 1 aromatic rings. The largest absolute Gasteiger partial charge is 0.383 e. The lowest BCUT2D eigenvalue weighted by Crippen LogP contribution is -2.15. The van der Waals surface area contributed by atoms with Crippen LogP contribution in [0, 0.1) is 5.92 Å². The lowest BCUT2D eigenvalue weighted by molar-refractivity contribution is 0.347. The third-order valence-corrected chi connectivity index (χ3v) is 3.27. The molecule has 15 heavy (non-hydrogen) atoms. The molecule has 86 valence electrons. The first kappa shape index (κ1) is 12.4. The quantitative estimate of drug-likeness (QED) is 0.840. The molecule has 0 aromatic carbocycles. The van der Waals surface area contributed by atoms with Gasteiger partial charge in [-0.2, -0.15) is 5.10 Å². The Bertz CT molecular complexity index is 309. The molecule has 4 heteroatoms. The summed E-state index contributed by atoms with van der Waals surface area (Å²) in [4.78, 5) is 0. The number of hydrogen-bond donors (Lipinski definition) is 1. The van der Waals surface area contributed by atoms with E-state index in [1.807, 2.05) is 4.68 Å². The Hall–Kier alpha value is -0.700. The molecular weight excluding hydrogens is 210 g/mol. The average molecular weight is 230 g/mol. The van der Waals surface area contributed by atoms with Gasteiger partial charge in [0.25, 0.3) is 0 Å².